The fraction of sp³-hybridized carbons (Fsp3) is 0. The van der Waals surface area contributed by atoms with Crippen molar-refractivity contribution in [3.05, 3.63) is 36.9 Å². The highest BCUT2D eigenvalue weighted by Gasteiger charge is 1.95. The summed E-state index contributed by atoms with van der Waals surface area (Å²) in [5, 5.41) is 10.9. The molecular formula is C8H8NO2. The average molecular weight is 150 g/mol. The van der Waals surface area contributed by atoms with Gasteiger partial charge >= 0.3 is 5.97 Å². The number of para-hydroxylation sites is 1. The van der Waals surface area contributed by atoms with Gasteiger partial charge in [0.1, 0.15) is 0 Å². The first-order chi connectivity index (χ1) is 5.29. The molecule has 0 spiro atoms. The SMILES string of the molecule is O=C(O)[CH]Nc1ccccc1. The molecular weight excluding hydrogens is 142 g/mol. The summed E-state index contributed by atoms with van der Waals surface area (Å²) in [6, 6.07) is 9.11. The van der Waals surface area contributed by atoms with E-state index in [9.17, 15) is 4.79 Å². The minimum absolute atomic E-state index is 0.773. The molecule has 3 heteroatoms. The Morgan fingerprint density at radius 1 is 1.36 bits per heavy atom. The van der Waals surface area contributed by atoms with Gasteiger partial charge in [-0.05, 0) is 12.1 Å². The maximum Gasteiger partial charge on any atom is 0.328 e. The molecule has 0 unspecified atom stereocenters. The van der Waals surface area contributed by atoms with Gasteiger partial charge in [-0.3, -0.25) is 0 Å². The number of hydrogen-bond acceptors (Lipinski definition) is 2. The van der Waals surface area contributed by atoms with Crippen molar-refractivity contribution in [2.45, 2.75) is 0 Å². The highest BCUT2D eigenvalue weighted by Crippen LogP contribution is 2.04. The monoisotopic (exact) mass is 150 g/mol. The van der Waals surface area contributed by atoms with Crippen LogP contribution in [0.5, 0.6) is 0 Å². The minimum atomic E-state index is -0.978. The molecule has 0 aliphatic heterocycles. The van der Waals surface area contributed by atoms with E-state index in [0.717, 1.165) is 12.2 Å². The zero-order valence-electron chi connectivity index (χ0n) is 5.82. The Labute approximate surface area is 64.7 Å². The Morgan fingerprint density at radius 2 is 2.00 bits per heavy atom. The fourth-order valence-corrected chi connectivity index (χ4v) is 0.679. The zero-order chi connectivity index (χ0) is 8.10. The molecule has 0 bridgehead atoms. The minimum Gasteiger partial charge on any atom is -0.480 e. The molecule has 11 heavy (non-hydrogen) atoms. The molecule has 0 fully saturated rings. The fourth-order valence-electron chi connectivity index (χ4n) is 0.679. The van der Waals surface area contributed by atoms with E-state index in [4.69, 9.17) is 5.11 Å². The van der Waals surface area contributed by atoms with E-state index in [1.165, 1.54) is 0 Å². The zero-order valence-corrected chi connectivity index (χ0v) is 5.82. The molecule has 0 amide bonds. The molecule has 0 atom stereocenters. The van der Waals surface area contributed by atoms with Gasteiger partial charge in [0.05, 0.1) is 0 Å². The lowest BCUT2D eigenvalue weighted by Gasteiger charge is -1.99. The van der Waals surface area contributed by atoms with Gasteiger partial charge in [0.15, 0.2) is 6.54 Å². The summed E-state index contributed by atoms with van der Waals surface area (Å²) in [4.78, 5) is 10.1. The third-order valence-electron chi connectivity index (χ3n) is 1.14. The summed E-state index contributed by atoms with van der Waals surface area (Å²) in [6.45, 7) is 0.995. The molecule has 1 radical (unpaired) electrons. The maximum absolute atomic E-state index is 10.1. The standard InChI is InChI=1S/C8H8NO2/c10-8(11)6-9-7-4-2-1-3-5-7/h1-6,9H,(H,10,11). The lowest BCUT2D eigenvalue weighted by molar-refractivity contribution is -0.132. The van der Waals surface area contributed by atoms with E-state index in [1.54, 1.807) is 12.1 Å². The Balaban J connectivity index is 2.45. The van der Waals surface area contributed by atoms with Crippen molar-refractivity contribution in [1.82, 2.24) is 0 Å². The summed E-state index contributed by atoms with van der Waals surface area (Å²) in [7, 11) is 0. The van der Waals surface area contributed by atoms with Crippen LogP contribution in [0.3, 0.4) is 0 Å². The number of carboxylic acids is 1. The summed E-state index contributed by atoms with van der Waals surface area (Å²) in [5.74, 6) is -0.978. The lowest BCUT2D eigenvalue weighted by atomic mass is 10.3. The Hall–Kier alpha value is -1.51. The molecule has 0 saturated heterocycles. The van der Waals surface area contributed by atoms with Gasteiger partial charge in [-0.15, -0.1) is 0 Å². The van der Waals surface area contributed by atoms with Crippen LogP contribution in [0.1, 0.15) is 0 Å². The average Bonchev–Trinajstić information content (AvgIpc) is 2.03. The van der Waals surface area contributed by atoms with Crippen LogP contribution in [0.15, 0.2) is 30.3 Å². The van der Waals surface area contributed by atoms with Crippen LogP contribution in [0, 0.1) is 6.54 Å². The van der Waals surface area contributed by atoms with Crippen LogP contribution >= 0.6 is 0 Å². The van der Waals surface area contributed by atoms with Crippen LogP contribution in [0.2, 0.25) is 0 Å². The second-order valence-corrected chi connectivity index (χ2v) is 1.99. The maximum atomic E-state index is 10.1. The molecule has 3 nitrogen and oxygen atoms in total. The van der Waals surface area contributed by atoms with Crippen molar-refractivity contribution in [1.29, 1.82) is 0 Å². The first-order valence-electron chi connectivity index (χ1n) is 3.17. The quantitative estimate of drug-likeness (QED) is 0.683. The smallest absolute Gasteiger partial charge is 0.328 e. The molecule has 0 aliphatic carbocycles. The predicted molar refractivity (Wildman–Crippen MR) is 42.0 cm³/mol. The van der Waals surface area contributed by atoms with Crippen LogP contribution in [0.4, 0.5) is 5.69 Å². The predicted octanol–water partition coefficient (Wildman–Crippen LogP) is 1.34. The number of carboxylic acid groups (broad SMARTS) is 1. The Morgan fingerprint density at radius 3 is 2.55 bits per heavy atom. The molecule has 0 aliphatic rings. The van der Waals surface area contributed by atoms with E-state index in [-0.39, 0.29) is 0 Å². The molecule has 2 N–H and O–H groups in total. The van der Waals surface area contributed by atoms with Gasteiger partial charge in [-0.1, -0.05) is 18.2 Å². The highest BCUT2D eigenvalue weighted by molar-refractivity contribution is 5.79. The van der Waals surface area contributed by atoms with Crippen LogP contribution in [0.25, 0.3) is 0 Å². The number of carbonyl (C=O) groups is 1. The van der Waals surface area contributed by atoms with Crippen molar-refractivity contribution in [2.75, 3.05) is 5.32 Å². The van der Waals surface area contributed by atoms with Gasteiger partial charge in [-0.25, -0.2) is 4.79 Å². The van der Waals surface area contributed by atoms with Crippen molar-refractivity contribution >= 4 is 11.7 Å². The Kier molecular flexibility index (Phi) is 2.49. The molecule has 1 rings (SSSR count). The molecule has 0 aromatic heterocycles. The number of hydrogen-bond donors (Lipinski definition) is 2. The highest BCUT2D eigenvalue weighted by atomic mass is 16.4. The number of benzene rings is 1. The van der Waals surface area contributed by atoms with Gasteiger partial charge in [-0.2, -0.15) is 0 Å². The number of rotatable bonds is 3. The summed E-state index contributed by atoms with van der Waals surface area (Å²) in [5.41, 5.74) is 0.773. The molecule has 1 aromatic carbocycles. The number of aliphatic carboxylic acids is 1. The van der Waals surface area contributed by atoms with Gasteiger partial charge in [0, 0.05) is 5.69 Å². The van der Waals surface area contributed by atoms with Crippen LogP contribution < -0.4 is 5.32 Å². The summed E-state index contributed by atoms with van der Waals surface area (Å²) < 4.78 is 0. The summed E-state index contributed by atoms with van der Waals surface area (Å²) in [6.07, 6.45) is 0. The first-order valence-corrected chi connectivity index (χ1v) is 3.17. The van der Waals surface area contributed by atoms with Gasteiger partial charge < -0.3 is 10.4 Å². The van der Waals surface area contributed by atoms with Crippen molar-refractivity contribution in [2.24, 2.45) is 0 Å². The third-order valence-corrected chi connectivity index (χ3v) is 1.14. The normalized spacial score (nSPS) is 9.09. The van der Waals surface area contributed by atoms with E-state index in [0.29, 0.717) is 0 Å². The second-order valence-electron chi connectivity index (χ2n) is 1.99. The Bertz CT molecular complexity index is 233. The van der Waals surface area contributed by atoms with Crippen LogP contribution in [-0.4, -0.2) is 11.1 Å². The molecule has 0 saturated carbocycles. The van der Waals surface area contributed by atoms with Crippen LogP contribution in [-0.2, 0) is 4.79 Å². The van der Waals surface area contributed by atoms with Gasteiger partial charge in [0.2, 0.25) is 0 Å². The van der Waals surface area contributed by atoms with E-state index in [2.05, 4.69) is 5.32 Å². The third kappa shape index (κ3) is 2.71. The van der Waals surface area contributed by atoms with E-state index >= 15 is 0 Å². The van der Waals surface area contributed by atoms with Crippen molar-refractivity contribution in [3.63, 3.8) is 0 Å². The van der Waals surface area contributed by atoms with E-state index in [1.807, 2.05) is 18.2 Å². The number of nitrogens with one attached hydrogen (secondary N) is 1. The first kappa shape index (κ1) is 7.60. The van der Waals surface area contributed by atoms with Gasteiger partial charge in [0.25, 0.3) is 0 Å². The van der Waals surface area contributed by atoms with Crippen molar-refractivity contribution < 1.29 is 9.90 Å². The summed E-state index contributed by atoms with van der Waals surface area (Å²) >= 11 is 0. The van der Waals surface area contributed by atoms with Crippen molar-refractivity contribution in [3.8, 4) is 0 Å². The molecule has 0 heterocycles. The molecule has 1 aromatic rings. The largest absolute Gasteiger partial charge is 0.480 e. The molecule has 57 valence electrons. The lowest BCUT2D eigenvalue weighted by Crippen LogP contribution is -2.04. The van der Waals surface area contributed by atoms with E-state index < -0.39 is 5.97 Å². The number of anilines is 1. The topological polar surface area (TPSA) is 49.3 Å². The second kappa shape index (κ2) is 3.61.